The lowest BCUT2D eigenvalue weighted by Gasteiger charge is -2.27. The molecule has 1 N–H and O–H groups in total. The van der Waals surface area contributed by atoms with Gasteiger partial charge in [0.2, 0.25) is 5.95 Å². The van der Waals surface area contributed by atoms with E-state index in [9.17, 15) is 4.79 Å². The van der Waals surface area contributed by atoms with Gasteiger partial charge >= 0.3 is 0 Å². The van der Waals surface area contributed by atoms with E-state index in [-0.39, 0.29) is 5.91 Å². The number of nitrogens with zero attached hydrogens (tertiary/aromatic N) is 4. The fraction of sp³-hybridized carbons (Fsp3) is 0.375. The van der Waals surface area contributed by atoms with Crippen molar-refractivity contribution in [1.29, 1.82) is 0 Å². The summed E-state index contributed by atoms with van der Waals surface area (Å²) in [5, 5.41) is 2.86. The fourth-order valence-corrected chi connectivity index (χ4v) is 2.38. The van der Waals surface area contributed by atoms with Crippen LogP contribution in [0.3, 0.4) is 0 Å². The summed E-state index contributed by atoms with van der Waals surface area (Å²) in [4.78, 5) is 27.1. The van der Waals surface area contributed by atoms with E-state index in [1.807, 2.05) is 13.0 Å². The lowest BCUT2D eigenvalue weighted by molar-refractivity contribution is 0.0950. The lowest BCUT2D eigenvalue weighted by atomic mass is 10.2. The SMILES string of the molecule is Cc1cc(CNC(=O)c2cccnc2)nc(N2CCOCC2)n1. The summed E-state index contributed by atoms with van der Waals surface area (Å²) >= 11 is 0. The van der Waals surface area contributed by atoms with E-state index < -0.39 is 0 Å². The van der Waals surface area contributed by atoms with Gasteiger partial charge in [0.15, 0.2) is 0 Å². The zero-order valence-corrected chi connectivity index (χ0v) is 13.0. The topological polar surface area (TPSA) is 80.2 Å². The Morgan fingerprint density at radius 2 is 2.17 bits per heavy atom. The highest BCUT2D eigenvalue weighted by Gasteiger charge is 2.15. The molecule has 0 spiro atoms. The Kier molecular flexibility index (Phi) is 4.77. The van der Waals surface area contributed by atoms with Crippen LogP contribution in [-0.2, 0) is 11.3 Å². The summed E-state index contributed by atoms with van der Waals surface area (Å²) in [6, 6.07) is 5.35. The zero-order chi connectivity index (χ0) is 16.1. The molecule has 0 saturated carbocycles. The van der Waals surface area contributed by atoms with Gasteiger partial charge < -0.3 is 15.0 Å². The second-order valence-corrected chi connectivity index (χ2v) is 5.32. The molecule has 0 atom stereocenters. The van der Waals surface area contributed by atoms with Crippen LogP contribution in [0.4, 0.5) is 5.95 Å². The Balaban J connectivity index is 1.68. The Bertz CT molecular complexity index is 671. The molecule has 7 heteroatoms. The highest BCUT2D eigenvalue weighted by Crippen LogP contribution is 2.12. The molecule has 1 amide bonds. The molecular formula is C16H19N5O2. The number of ether oxygens (including phenoxy) is 1. The Labute approximate surface area is 134 Å². The molecule has 3 rings (SSSR count). The first-order valence-corrected chi connectivity index (χ1v) is 7.58. The number of aryl methyl sites for hydroxylation is 1. The van der Waals surface area contributed by atoms with Crippen molar-refractivity contribution < 1.29 is 9.53 Å². The third kappa shape index (κ3) is 4.01. The van der Waals surface area contributed by atoms with E-state index in [1.54, 1.807) is 24.5 Å². The minimum atomic E-state index is -0.165. The van der Waals surface area contributed by atoms with E-state index in [4.69, 9.17) is 4.74 Å². The summed E-state index contributed by atoms with van der Waals surface area (Å²) < 4.78 is 5.35. The predicted octanol–water partition coefficient (Wildman–Crippen LogP) is 0.947. The maximum atomic E-state index is 12.1. The number of rotatable bonds is 4. The van der Waals surface area contributed by atoms with E-state index in [1.165, 1.54) is 0 Å². The first-order valence-electron chi connectivity index (χ1n) is 7.58. The molecule has 120 valence electrons. The molecule has 0 unspecified atom stereocenters. The van der Waals surface area contributed by atoms with E-state index in [2.05, 4.69) is 25.2 Å². The van der Waals surface area contributed by atoms with Crippen molar-refractivity contribution in [3.8, 4) is 0 Å². The van der Waals surface area contributed by atoms with Crippen LogP contribution in [-0.4, -0.2) is 47.2 Å². The third-order valence-electron chi connectivity index (χ3n) is 3.54. The van der Waals surface area contributed by atoms with Crippen LogP contribution in [0.15, 0.2) is 30.6 Å². The van der Waals surface area contributed by atoms with Gasteiger partial charge in [-0.3, -0.25) is 9.78 Å². The van der Waals surface area contributed by atoms with Crippen LogP contribution in [0, 0.1) is 6.92 Å². The molecule has 23 heavy (non-hydrogen) atoms. The number of pyridine rings is 1. The van der Waals surface area contributed by atoms with Crippen LogP contribution >= 0.6 is 0 Å². The van der Waals surface area contributed by atoms with Crippen LogP contribution < -0.4 is 10.2 Å². The molecule has 1 fully saturated rings. The summed E-state index contributed by atoms with van der Waals surface area (Å²) in [6.45, 7) is 5.22. The van der Waals surface area contributed by atoms with Gasteiger partial charge in [-0.15, -0.1) is 0 Å². The highest BCUT2D eigenvalue weighted by atomic mass is 16.5. The largest absolute Gasteiger partial charge is 0.378 e. The predicted molar refractivity (Wildman–Crippen MR) is 85.2 cm³/mol. The first kappa shape index (κ1) is 15.4. The average molecular weight is 313 g/mol. The first-order chi connectivity index (χ1) is 11.2. The summed E-state index contributed by atoms with van der Waals surface area (Å²) in [5.41, 5.74) is 2.20. The Morgan fingerprint density at radius 1 is 1.35 bits per heavy atom. The number of carbonyl (C=O) groups is 1. The van der Waals surface area contributed by atoms with Crippen molar-refractivity contribution in [2.45, 2.75) is 13.5 Å². The van der Waals surface area contributed by atoms with Gasteiger partial charge in [0, 0.05) is 31.2 Å². The van der Waals surface area contributed by atoms with Crippen molar-refractivity contribution in [3.63, 3.8) is 0 Å². The molecule has 7 nitrogen and oxygen atoms in total. The zero-order valence-electron chi connectivity index (χ0n) is 13.0. The summed E-state index contributed by atoms with van der Waals surface area (Å²) in [5.74, 6) is 0.529. The number of hydrogen-bond donors (Lipinski definition) is 1. The van der Waals surface area contributed by atoms with Gasteiger partial charge in [-0.1, -0.05) is 0 Å². The Hall–Kier alpha value is -2.54. The number of morpholine rings is 1. The lowest BCUT2D eigenvalue weighted by Crippen LogP contribution is -2.37. The molecule has 1 aliphatic heterocycles. The van der Waals surface area contributed by atoms with Gasteiger partial charge in [-0.25, -0.2) is 9.97 Å². The van der Waals surface area contributed by atoms with Crippen molar-refractivity contribution >= 4 is 11.9 Å². The van der Waals surface area contributed by atoms with Crippen LogP contribution in [0.25, 0.3) is 0 Å². The maximum absolute atomic E-state index is 12.1. The van der Waals surface area contributed by atoms with E-state index in [0.29, 0.717) is 31.3 Å². The molecule has 1 saturated heterocycles. The highest BCUT2D eigenvalue weighted by molar-refractivity contribution is 5.93. The fourth-order valence-electron chi connectivity index (χ4n) is 2.38. The molecule has 2 aromatic heterocycles. The molecule has 0 radical (unpaired) electrons. The number of nitrogens with one attached hydrogen (secondary N) is 1. The third-order valence-corrected chi connectivity index (χ3v) is 3.54. The molecule has 3 heterocycles. The number of anilines is 1. The number of amides is 1. The second kappa shape index (κ2) is 7.15. The normalized spacial score (nSPS) is 14.6. The molecular weight excluding hydrogens is 294 g/mol. The van der Waals surface area contributed by atoms with Gasteiger partial charge in [0.25, 0.3) is 5.91 Å². The Morgan fingerprint density at radius 3 is 2.91 bits per heavy atom. The van der Waals surface area contributed by atoms with Crippen molar-refractivity contribution in [3.05, 3.63) is 47.5 Å². The van der Waals surface area contributed by atoms with E-state index in [0.717, 1.165) is 24.5 Å². The van der Waals surface area contributed by atoms with Gasteiger partial charge in [0.1, 0.15) is 0 Å². The standard InChI is InChI=1S/C16H19N5O2/c1-12-9-14(11-18-15(22)13-3-2-4-17-10-13)20-16(19-12)21-5-7-23-8-6-21/h2-4,9-10H,5-8,11H2,1H3,(H,18,22). The van der Waals surface area contributed by atoms with Crippen molar-refractivity contribution in [2.75, 3.05) is 31.2 Å². The molecule has 2 aromatic rings. The van der Waals surface area contributed by atoms with Crippen molar-refractivity contribution in [2.24, 2.45) is 0 Å². The monoisotopic (exact) mass is 313 g/mol. The minimum absolute atomic E-state index is 0.165. The molecule has 0 bridgehead atoms. The quantitative estimate of drug-likeness (QED) is 0.905. The van der Waals surface area contributed by atoms with Gasteiger partial charge in [0.05, 0.1) is 31.0 Å². The van der Waals surface area contributed by atoms with Crippen LogP contribution in [0.2, 0.25) is 0 Å². The minimum Gasteiger partial charge on any atom is -0.378 e. The second-order valence-electron chi connectivity index (χ2n) is 5.32. The average Bonchev–Trinajstić information content (AvgIpc) is 2.61. The van der Waals surface area contributed by atoms with E-state index >= 15 is 0 Å². The molecule has 1 aliphatic rings. The van der Waals surface area contributed by atoms with Crippen LogP contribution in [0.1, 0.15) is 21.7 Å². The summed E-state index contributed by atoms with van der Waals surface area (Å²) in [7, 11) is 0. The van der Waals surface area contributed by atoms with Gasteiger partial charge in [-0.2, -0.15) is 0 Å². The number of aromatic nitrogens is 3. The number of hydrogen-bond acceptors (Lipinski definition) is 6. The smallest absolute Gasteiger partial charge is 0.253 e. The maximum Gasteiger partial charge on any atom is 0.253 e. The summed E-state index contributed by atoms with van der Waals surface area (Å²) in [6.07, 6.45) is 3.18. The molecule has 0 aromatic carbocycles. The van der Waals surface area contributed by atoms with Gasteiger partial charge in [-0.05, 0) is 25.1 Å². The van der Waals surface area contributed by atoms with Crippen LogP contribution in [0.5, 0.6) is 0 Å². The number of carbonyl (C=O) groups excluding carboxylic acids is 1. The molecule has 0 aliphatic carbocycles. The van der Waals surface area contributed by atoms with Crippen molar-refractivity contribution in [1.82, 2.24) is 20.3 Å².